The molecule has 0 atom stereocenters. The Hall–Kier alpha value is -4.79. The lowest BCUT2D eigenvalue weighted by atomic mass is 10.2. The molecule has 1 heterocycles. The van der Waals surface area contributed by atoms with Gasteiger partial charge in [-0.1, -0.05) is 12.1 Å². The van der Waals surface area contributed by atoms with Crippen LogP contribution in [0.25, 0.3) is 0 Å². The summed E-state index contributed by atoms with van der Waals surface area (Å²) >= 11 is 0. The molecule has 1 N–H and O–H groups in total. The number of benzene rings is 3. The van der Waals surface area contributed by atoms with E-state index in [2.05, 4.69) is 5.32 Å². The Morgan fingerprint density at radius 3 is 2.43 bits per heavy atom. The molecular formula is C26H22N2O7. The fourth-order valence-electron chi connectivity index (χ4n) is 3.23. The average Bonchev–Trinajstić information content (AvgIpc) is 3.32. The minimum atomic E-state index is -0.567. The highest BCUT2D eigenvalue weighted by Crippen LogP contribution is 2.31. The molecule has 35 heavy (non-hydrogen) atoms. The summed E-state index contributed by atoms with van der Waals surface area (Å²) in [6.07, 6.45) is 0. The molecule has 9 nitrogen and oxygen atoms in total. The third-order valence-corrected chi connectivity index (χ3v) is 4.91. The van der Waals surface area contributed by atoms with E-state index in [0.29, 0.717) is 23.0 Å². The van der Waals surface area contributed by atoms with Crippen molar-refractivity contribution in [2.75, 3.05) is 12.4 Å². The summed E-state index contributed by atoms with van der Waals surface area (Å²) in [6, 6.07) is 21.4. The molecule has 1 amide bonds. The summed E-state index contributed by atoms with van der Waals surface area (Å²) in [5.41, 5.74) is 1.01. The highest BCUT2D eigenvalue weighted by molar-refractivity contribution is 6.02. The number of aryl methyl sites for hydroxylation is 1. The second-order valence-electron chi connectivity index (χ2n) is 7.58. The number of amides is 1. The highest BCUT2D eigenvalue weighted by Gasteiger charge is 2.16. The molecule has 0 unspecified atom stereocenters. The summed E-state index contributed by atoms with van der Waals surface area (Å²) in [5, 5.41) is 14.0. The average molecular weight is 474 g/mol. The Morgan fingerprint density at radius 1 is 0.943 bits per heavy atom. The van der Waals surface area contributed by atoms with Crippen LogP contribution in [0.3, 0.4) is 0 Å². The molecule has 0 spiro atoms. The Balaban J connectivity index is 1.45. The van der Waals surface area contributed by atoms with Crippen molar-refractivity contribution in [2.24, 2.45) is 0 Å². The van der Waals surface area contributed by atoms with Crippen LogP contribution < -0.4 is 19.5 Å². The molecule has 0 saturated carbocycles. The predicted octanol–water partition coefficient (Wildman–Crippen LogP) is 6.13. The summed E-state index contributed by atoms with van der Waals surface area (Å²) in [5.74, 6) is 1.90. The van der Waals surface area contributed by atoms with Crippen molar-refractivity contribution < 1.29 is 28.3 Å². The number of methoxy groups -OCH3 is 1. The van der Waals surface area contributed by atoms with Gasteiger partial charge in [0.1, 0.15) is 35.4 Å². The molecule has 178 valence electrons. The van der Waals surface area contributed by atoms with Crippen molar-refractivity contribution in [2.45, 2.75) is 13.5 Å². The molecule has 0 aliphatic heterocycles. The molecule has 1 aromatic heterocycles. The Bertz CT molecular complexity index is 1350. The molecular weight excluding hydrogens is 452 g/mol. The largest absolute Gasteiger partial charge is 0.497 e. The van der Waals surface area contributed by atoms with Gasteiger partial charge in [-0.05, 0) is 61.0 Å². The number of non-ortho nitro benzene ring substituents is 1. The topological polar surface area (TPSA) is 113 Å². The number of ether oxygens (including phenoxy) is 3. The second kappa shape index (κ2) is 10.4. The quantitative estimate of drug-likeness (QED) is 0.229. The molecule has 3 aromatic carbocycles. The minimum Gasteiger partial charge on any atom is -0.497 e. The Kier molecular flexibility index (Phi) is 6.96. The first-order valence-corrected chi connectivity index (χ1v) is 10.6. The van der Waals surface area contributed by atoms with E-state index in [9.17, 15) is 14.9 Å². The zero-order valence-corrected chi connectivity index (χ0v) is 19.0. The first-order valence-electron chi connectivity index (χ1n) is 10.6. The number of hydrogen-bond donors (Lipinski definition) is 1. The Morgan fingerprint density at radius 2 is 1.71 bits per heavy atom. The van der Waals surface area contributed by atoms with E-state index in [4.69, 9.17) is 18.6 Å². The van der Waals surface area contributed by atoms with Gasteiger partial charge in [-0.3, -0.25) is 14.9 Å². The number of rotatable bonds is 9. The maximum absolute atomic E-state index is 12.7. The number of hydrogen-bond acceptors (Lipinski definition) is 7. The van der Waals surface area contributed by atoms with Crippen LogP contribution in [0, 0.1) is 17.0 Å². The zero-order valence-electron chi connectivity index (χ0n) is 19.0. The van der Waals surface area contributed by atoms with Gasteiger partial charge in [0.05, 0.1) is 23.8 Å². The van der Waals surface area contributed by atoms with Crippen molar-refractivity contribution in [1.29, 1.82) is 0 Å². The molecule has 9 heteroatoms. The summed E-state index contributed by atoms with van der Waals surface area (Å²) in [7, 11) is 1.55. The first kappa shape index (κ1) is 23.4. The maximum atomic E-state index is 12.7. The van der Waals surface area contributed by atoms with Crippen LogP contribution in [0.5, 0.6) is 23.0 Å². The van der Waals surface area contributed by atoms with Gasteiger partial charge in [0.25, 0.3) is 11.6 Å². The first-order chi connectivity index (χ1) is 16.9. The maximum Gasteiger partial charge on any atom is 0.291 e. The predicted molar refractivity (Wildman–Crippen MR) is 128 cm³/mol. The Labute approximate surface area is 201 Å². The van der Waals surface area contributed by atoms with Crippen LogP contribution >= 0.6 is 0 Å². The fraction of sp³-hybridized carbons (Fsp3) is 0.115. The van der Waals surface area contributed by atoms with Crippen LogP contribution in [0.1, 0.15) is 21.9 Å². The van der Waals surface area contributed by atoms with E-state index in [1.807, 2.05) is 31.2 Å². The molecule has 0 aliphatic carbocycles. The number of carbonyl (C=O) groups excluding carboxylic acids is 1. The van der Waals surface area contributed by atoms with Crippen LogP contribution in [0.2, 0.25) is 0 Å². The van der Waals surface area contributed by atoms with E-state index in [1.165, 1.54) is 24.3 Å². The van der Waals surface area contributed by atoms with Gasteiger partial charge >= 0.3 is 0 Å². The lowest BCUT2D eigenvalue weighted by molar-refractivity contribution is -0.384. The number of furan rings is 1. The zero-order chi connectivity index (χ0) is 24.8. The monoisotopic (exact) mass is 474 g/mol. The van der Waals surface area contributed by atoms with Crippen LogP contribution in [-0.4, -0.2) is 17.9 Å². The number of nitrogens with one attached hydrogen (secondary N) is 1. The fourth-order valence-corrected chi connectivity index (χ4v) is 3.23. The number of carbonyl (C=O) groups is 1. The molecule has 4 aromatic rings. The minimum absolute atomic E-state index is 0.0389. The second-order valence-corrected chi connectivity index (χ2v) is 7.58. The van der Waals surface area contributed by atoms with Crippen molar-refractivity contribution in [3.05, 3.63) is 106 Å². The summed E-state index contributed by atoms with van der Waals surface area (Å²) in [4.78, 5) is 23.5. The summed E-state index contributed by atoms with van der Waals surface area (Å²) < 4.78 is 22.1. The van der Waals surface area contributed by atoms with E-state index in [1.54, 1.807) is 37.4 Å². The van der Waals surface area contributed by atoms with Gasteiger partial charge < -0.3 is 23.9 Å². The molecule has 0 saturated heterocycles. The smallest absolute Gasteiger partial charge is 0.291 e. The third kappa shape index (κ3) is 6.17. The molecule has 0 fully saturated rings. The van der Waals surface area contributed by atoms with Crippen LogP contribution in [0.15, 0.2) is 83.3 Å². The standard InChI is InChI=1S/C26H22N2O7/c1-17-4-3-5-22(12-17)33-16-23-10-11-25(35-23)26(29)27-18-13-19(28(30)31)15-24(14-18)34-21-8-6-20(32-2)7-9-21/h3-15H,16H2,1-2H3,(H,27,29). The number of anilines is 1. The highest BCUT2D eigenvalue weighted by atomic mass is 16.6. The third-order valence-electron chi connectivity index (χ3n) is 4.91. The van der Waals surface area contributed by atoms with Crippen LogP contribution in [0.4, 0.5) is 11.4 Å². The van der Waals surface area contributed by atoms with E-state index >= 15 is 0 Å². The van der Waals surface area contributed by atoms with Crippen molar-refractivity contribution in [3.63, 3.8) is 0 Å². The number of nitro benzene ring substituents is 1. The van der Waals surface area contributed by atoms with Gasteiger partial charge in [-0.2, -0.15) is 0 Å². The summed E-state index contributed by atoms with van der Waals surface area (Å²) in [6.45, 7) is 2.11. The normalized spacial score (nSPS) is 10.5. The van der Waals surface area contributed by atoms with E-state index < -0.39 is 10.8 Å². The lowest BCUT2D eigenvalue weighted by Crippen LogP contribution is -2.11. The number of nitro groups is 1. The molecule has 0 aliphatic rings. The van der Waals surface area contributed by atoms with Gasteiger partial charge in [-0.25, -0.2) is 0 Å². The van der Waals surface area contributed by atoms with Gasteiger partial charge in [-0.15, -0.1) is 0 Å². The van der Waals surface area contributed by atoms with E-state index in [-0.39, 0.29) is 29.5 Å². The van der Waals surface area contributed by atoms with Crippen molar-refractivity contribution in [3.8, 4) is 23.0 Å². The van der Waals surface area contributed by atoms with E-state index in [0.717, 1.165) is 5.56 Å². The molecule has 4 rings (SSSR count). The van der Waals surface area contributed by atoms with Crippen molar-refractivity contribution >= 4 is 17.3 Å². The number of nitrogens with zero attached hydrogens (tertiary/aromatic N) is 1. The van der Waals surface area contributed by atoms with Crippen LogP contribution in [-0.2, 0) is 6.61 Å². The van der Waals surface area contributed by atoms with Gasteiger partial charge in [0, 0.05) is 12.1 Å². The van der Waals surface area contributed by atoms with Gasteiger partial charge in [0.2, 0.25) is 0 Å². The van der Waals surface area contributed by atoms with Crippen molar-refractivity contribution in [1.82, 2.24) is 0 Å². The SMILES string of the molecule is COc1ccc(Oc2cc(NC(=O)c3ccc(COc4cccc(C)c4)o3)cc([N+](=O)[O-])c2)cc1. The van der Waals surface area contributed by atoms with Gasteiger partial charge in [0.15, 0.2) is 5.76 Å². The lowest BCUT2D eigenvalue weighted by Gasteiger charge is -2.09. The molecule has 0 bridgehead atoms. The molecule has 0 radical (unpaired) electrons.